The first-order valence-corrected chi connectivity index (χ1v) is 8.72. The number of aromatic nitrogens is 2. The minimum atomic E-state index is -1.24. The average molecular weight is 451 g/mol. The van der Waals surface area contributed by atoms with Crippen molar-refractivity contribution in [3.63, 3.8) is 0 Å². The minimum absolute atomic E-state index is 0.0759. The summed E-state index contributed by atoms with van der Waals surface area (Å²) in [5.41, 5.74) is -0.709. The summed E-state index contributed by atoms with van der Waals surface area (Å²) in [4.78, 5) is 27.8. The Balaban J connectivity index is 1.76. The lowest BCUT2D eigenvalue weighted by Gasteiger charge is -2.25. The Bertz CT molecular complexity index is 692. The van der Waals surface area contributed by atoms with Crippen LogP contribution >= 0.6 is 22.6 Å². The van der Waals surface area contributed by atoms with Crippen molar-refractivity contribution in [1.29, 1.82) is 0 Å². The quantitative estimate of drug-likeness (QED) is 0.575. The normalized spacial score (nSPS) is 30.0. The molecule has 10 heteroatoms. The highest BCUT2D eigenvalue weighted by Gasteiger charge is 2.42. The molecule has 132 valence electrons. The molecule has 0 spiro atoms. The number of halogens is 1. The van der Waals surface area contributed by atoms with Crippen molar-refractivity contribution in [3.05, 3.63) is 20.3 Å². The van der Waals surface area contributed by atoms with Crippen LogP contribution in [-0.2, 0) is 9.47 Å². The van der Waals surface area contributed by atoms with E-state index in [0.717, 1.165) is 23.8 Å². The van der Waals surface area contributed by atoms with Crippen LogP contribution in [0.15, 0.2) is 11.0 Å². The van der Waals surface area contributed by atoms with Crippen molar-refractivity contribution >= 4 is 34.5 Å². The standard InChI is InChI=1S/C14H18IN3O6/c1-6-9(19)10(20)12(23-6)18-5-8(15)11(16-13(18)21)17-14(22)24-7-3-2-4-7/h5-7,9-10,12,19-20H,2-4H2,1H3,(H,16,17,21,22)/t6-,9-,10-,12-/m1/s1. The zero-order valence-corrected chi connectivity index (χ0v) is 15.0. The number of nitrogens with zero attached hydrogens (tertiary/aromatic N) is 2. The third kappa shape index (κ3) is 3.41. The van der Waals surface area contributed by atoms with E-state index in [1.807, 2.05) is 22.6 Å². The van der Waals surface area contributed by atoms with E-state index in [2.05, 4.69) is 10.3 Å². The van der Waals surface area contributed by atoms with Gasteiger partial charge in [-0.2, -0.15) is 4.98 Å². The smallest absolute Gasteiger partial charge is 0.413 e. The van der Waals surface area contributed by atoms with Gasteiger partial charge >= 0.3 is 11.8 Å². The second kappa shape index (κ2) is 6.94. The van der Waals surface area contributed by atoms with Crippen molar-refractivity contribution in [2.45, 2.75) is 56.8 Å². The Hall–Kier alpha value is -1.24. The molecule has 4 atom stereocenters. The molecule has 1 aromatic rings. The zero-order valence-electron chi connectivity index (χ0n) is 12.9. The van der Waals surface area contributed by atoms with Crippen LogP contribution in [0.4, 0.5) is 10.6 Å². The van der Waals surface area contributed by atoms with Crippen LogP contribution in [0, 0.1) is 3.57 Å². The monoisotopic (exact) mass is 451 g/mol. The van der Waals surface area contributed by atoms with E-state index in [0.29, 0.717) is 3.57 Å². The molecule has 1 saturated heterocycles. The lowest BCUT2D eigenvalue weighted by Crippen LogP contribution is -2.36. The molecular formula is C14H18IN3O6. The number of hydrogen-bond donors (Lipinski definition) is 3. The number of anilines is 1. The number of aliphatic hydroxyl groups is 2. The Kier molecular flexibility index (Phi) is 5.08. The highest BCUT2D eigenvalue weighted by Crippen LogP contribution is 2.29. The second-order valence-electron chi connectivity index (χ2n) is 5.92. The van der Waals surface area contributed by atoms with Crippen molar-refractivity contribution < 1.29 is 24.5 Å². The van der Waals surface area contributed by atoms with Gasteiger partial charge in [-0.15, -0.1) is 0 Å². The summed E-state index contributed by atoms with van der Waals surface area (Å²) in [6, 6.07) is 0. The second-order valence-corrected chi connectivity index (χ2v) is 7.09. The molecule has 2 aliphatic rings. The maximum absolute atomic E-state index is 12.2. The van der Waals surface area contributed by atoms with Crippen molar-refractivity contribution in [2.24, 2.45) is 0 Å². The molecule has 1 aromatic heterocycles. The van der Waals surface area contributed by atoms with E-state index in [-0.39, 0.29) is 11.9 Å². The van der Waals surface area contributed by atoms with E-state index >= 15 is 0 Å². The largest absolute Gasteiger partial charge is 0.446 e. The van der Waals surface area contributed by atoms with Crippen LogP contribution in [0.2, 0.25) is 0 Å². The molecular weight excluding hydrogens is 433 g/mol. The summed E-state index contributed by atoms with van der Waals surface area (Å²) in [5.74, 6) is 0.0854. The summed E-state index contributed by atoms with van der Waals surface area (Å²) in [6.45, 7) is 1.60. The van der Waals surface area contributed by atoms with Crippen LogP contribution in [0.25, 0.3) is 0 Å². The van der Waals surface area contributed by atoms with Gasteiger partial charge < -0.3 is 19.7 Å². The molecule has 0 unspecified atom stereocenters. The Morgan fingerprint density at radius 3 is 2.71 bits per heavy atom. The van der Waals surface area contributed by atoms with Gasteiger partial charge in [0, 0.05) is 6.20 Å². The maximum Gasteiger partial charge on any atom is 0.413 e. The van der Waals surface area contributed by atoms with Gasteiger partial charge in [0.2, 0.25) is 0 Å². The molecule has 2 fully saturated rings. The predicted octanol–water partition coefficient (Wildman–Crippen LogP) is 0.588. The fraction of sp³-hybridized carbons (Fsp3) is 0.643. The Morgan fingerprint density at radius 1 is 1.46 bits per heavy atom. The number of rotatable bonds is 3. The molecule has 0 aromatic carbocycles. The molecule has 0 radical (unpaired) electrons. The van der Waals surface area contributed by atoms with Crippen molar-refractivity contribution in [2.75, 3.05) is 5.32 Å². The molecule has 1 amide bonds. The molecule has 1 aliphatic carbocycles. The minimum Gasteiger partial charge on any atom is -0.446 e. The average Bonchev–Trinajstić information content (AvgIpc) is 2.74. The van der Waals surface area contributed by atoms with Gasteiger partial charge in [-0.1, -0.05) is 0 Å². The lowest BCUT2D eigenvalue weighted by atomic mass is 9.96. The maximum atomic E-state index is 12.2. The molecule has 3 rings (SSSR count). The van der Waals surface area contributed by atoms with Crippen molar-refractivity contribution in [3.8, 4) is 0 Å². The zero-order chi connectivity index (χ0) is 17.4. The highest BCUT2D eigenvalue weighted by atomic mass is 127. The summed E-state index contributed by atoms with van der Waals surface area (Å²) in [5, 5.41) is 22.2. The van der Waals surface area contributed by atoms with Crippen LogP contribution in [0.1, 0.15) is 32.4 Å². The molecule has 0 bridgehead atoms. The summed E-state index contributed by atoms with van der Waals surface area (Å²) < 4.78 is 12.1. The van der Waals surface area contributed by atoms with Crippen LogP contribution < -0.4 is 11.0 Å². The molecule has 9 nitrogen and oxygen atoms in total. The third-order valence-electron chi connectivity index (χ3n) is 4.20. The van der Waals surface area contributed by atoms with E-state index in [9.17, 15) is 19.8 Å². The van der Waals surface area contributed by atoms with Gasteiger partial charge in [-0.05, 0) is 48.8 Å². The molecule has 2 heterocycles. The van der Waals surface area contributed by atoms with Gasteiger partial charge in [-0.3, -0.25) is 9.88 Å². The lowest BCUT2D eigenvalue weighted by molar-refractivity contribution is -0.0351. The highest BCUT2D eigenvalue weighted by molar-refractivity contribution is 14.1. The van der Waals surface area contributed by atoms with E-state index in [1.54, 1.807) is 6.92 Å². The predicted molar refractivity (Wildman–Crippen MR) is 90.6 cm³/mol. The first-order chi connectivity index (χ1) is 11.4. The SMILES string of the molecule is C[C@H]1O[C@@H](n2cc(I)c(NC(=O)OC3CCC3)nc2=O)[C@H](O)[C@@H]1O. The van der Waals surface area contributed by atoms with Gasteiger partial charge in [0.05, 0.1) is 9.67 Å². The fourth-order valence-corrected chi connectivity index (χ4v) is 3.09. The molecule has 1 aliphatic heterocycles. The topological polar surface area (TPSA) is 123 Å². The summed E-state index contributed by atoms with van der Waals surface area (Å²) >= 11 is 1.90. The van der Waals surface area contributed by atoms with E-state index in [1.165, 1.54) is 6.20 Å². The van der Waals surface area contributed by atoms with Crippen molar-refractivity contribution in [1.82, 2.24) is 9.55 Å². The van der Waals surface area contributed by atoms with Gasteiger partial charge in [0.25, 0.3) is 0 Å². The number of nitrogens with one attached hydrogen (secondary N) is 1. The molecule has 1 saturated carbocycles. The molecule has 24 heavy (non-hydrogen) atoms. The number of carbonyl (C=O) groups excluding carboxylic acids is 1. The number of carbonyl (C=O) groups is 1. The summed E-state index contributed by atoms with van der Waals surface area (Å²) in [7, 11) is 0. The number of hydrogen-bond acceptors (Lipinski definition) is 7. The first kappa shape index (κ1) is 17.6. The van der Waals surface area contributed by atoms with Crippen LogP contribution in [0.5, 0.6) is 0 Å². The van der Waals surface area contributed by atoms with Gasteiger partial charge in [-0.25, -0.2) is 9.59 Å². The van der Waals surface area contributed by atoms with E-state index in [4.69, 9.17) is 9.47 Å². The Morgan fingerprint density at radius 2 is 2.17 bits per heavy atom. The van der Waals surface area contributed by atoms with Gasteiger partial charge in [0.15, 0.2) is 12.0 Å². The van der Waals surface area contributed by atoms with Crippen LogP contribution in [0.3, 0.4) is 0 Å². The van der Waals surface area contributed by atoms with E-state index < -0.39 is 36.3 Å². The summed E-state index contributed by atoms with van der Waals surface area (Å²) in [6.07, 6.45) is -0.549. The van der Waals surface area contributed by atoms with Crippen LogP contribution in [-0.4, -0.2) is 50.3 Å². The number of aliphatic hydroxyl groups excluding tert-OH is 2. The first-order valence-electron chi connectivity index (χ1n) is 7.64. The molecule has 3 N–H and O–H groups in total. The third-order valence-corrected chi connectivity index (χ3v) is 4.99. The van der Waals surface area contributed by atoms with Gasteiger partial charge in [0.1, 0.15) is 18.3 Å². The Labute approximate surface area is 151 Å². The number of amides is 1. The fourth-order valence-electron chi connectivity index (χ4n) is 2.54. The number of ether oxygens (including phenoxy) is 2.